The van der Waals surface area contributed by atoms with Gasteiger partial charge >= 0.3 is 5.97 Å². The molecule has 8 nitrogen and oxygen atoms in total. The van der Waals surface area contributed by atoms with E-state index in [1.165, 1.54) is 18.2 Å². The summed E-state index contributed by atoms with van der Waals surface area (Å²) >= 11 is 0. The van der Waals surface area contributed by atoms with Crippen LogP contribution < -0.4 is 0 Å². The molecule has 2 rings (SSSR count). The smallest absolute Gasteiger partial charge is 0.304 e. The van der Waals surface area contributed by atoms with Crippen LogP contribution in [-0.2, 0) is 14.8 Å². The fourth-order valence-electron chi connectivity index (χ4n) is 2.02. The van der Waals surface area contributed by atoms with E-state index in [2.05, 4.69) is 0 Å². The highest BCUT2D eigenvalue weighted by atomic mass is 32.2. The Morgan fingerprint density at radius 3 is 2.52 bits per heavy atom. The van der Waals surface area contributed by atoms with Gasteiger partial charge in [0.2, 0.25) is 10.0 Å². The number of carboxylic acids is 1. The predicted octanol–water partition coefficient (Wildman–Crippen LogP) is 1.22. The molecule has 1 aromatic carbocycles. The molecule has 0 radical (unpaired) electrons. The largest absolute Gasteiger partial charge is 0.481 e. The summed E-state index contributed by atoms with van der Waals surface area (Å²) in [6.45, 7) is -0.186. The van der Waals surface area contributed by atoms with E-state index in [1.807, 2.05) is 0 Å². The zero-order valence-corrected chi connectivity index (χ0v) is 11.8. The maximum Gasteiger partial charge on any atom is 0.304 e. The van der Waals surface area contributed by atoms with Crippen LogP contribution in [0.4, 0.5) is 5.69 Å². The first-order valence-electron chi connectivity index (χ1n) is 6.31. The van der Waals surface area contributed by atoms with Gasteiger partial charge in [-0.25, -0.2) is 8.42 Å². The van der Waals surface area contributed by atoms with Crippen molar-refractivity contribution >= 4 is 21.7 Å². The van der Waals surface area contributed by atoms with Crippen LogP contribution in [0.25, 0.3) is 0 Å². The van der Waals surface area contributed by atoms with Gasteiger partial charge in [-0.1, -0.05) is 12.1 Å². The van der Waals surface area contributed by atoms with Crippen molar-refractivity contribution in [1.29, 1.82) is 0 Å². The molecule has 1 aromatic rings. The van der Waals surface area contributed by atoms with Gasteiger partial charge in [-0.15, -0.1) is 0 Å². The van der Waals surface area contributed by atoms with E-state index >= 15 is 0 Å². The molecular weight excluding hydrogens is 300 g/mol. The van der Waals surface area contributed by atoms with Gasteiger partial charge in [0, 0.05) is 18.7 Å². The standard InChI is InChI=1S/C12H14N2O6S/c15-12(16)7-8-13(9-5-6-9)21(19,20)11-4-2-1-3-10(11)14(17)18/h1-4,9H,5-8H2,(H,15,16). The molecule has 0 unspecified atom stereocenters. The number of nitro benzene ring substituents is 1. The average molecular weight is 314 g/mol. The number of carboxylic acid groups (broad SMARTS) is 1. The highest BCUT2D eigenvalue weighted by molar-refractivity contribution is 7.89. The Kier molecular flexibility index (Phi) is 4.24. The van der Waals surface area contributed by atoms with E-state index < -0.39 is 31.5 Å². The van der Waals surface area contributed by atoms with Crippen molar-refractivity contribution in [1.82, 2.24) is 4.31 Å². The monoisotopic (exact) mass is 314 g/mol. The maximum atomic E-state index is 12.6. The summed E-state index contributed by atoms with van der Waals surface area (Å²) in [5.74, 6) is -1.11. The van der Waals surface area contributed by atoms with Gasteiger partial charge in [-0.2, -0.15) is 4.31 Å². The second-order valence-corrected chi connectivity index (χ2v) is 6.57. The minimum absolute atomic E-state index is 0.186. The first-order valence-corrected chi connectivity index (χ1v) is 7.75. The van der Waals surface area contributed by atoms with Gasteiger partial charge in [0.25, 0.3) is 5.69 Å². The molecule has 0 heterocycles. The number of para-hydroxylation sites is 1. The van der Waals surface area contributed by atoms with E-state index in [9.17, 15) is 23.3 Å². The number of rotatable bonds is 7. The third-order valence-corrected chi connectivity index (χ3v) is 5.15. The third kappa shape index (κ3) is 3.37. The van der Waals surface area contributed by atoms with Crippen molar-refractivity contribution in [3.05, 3.63) is 34.4 Å². The van der Waals surface area contributed by atoms with Crippen LogP contribution in [0.2, 0.25) is 0 Å². The van der Waals surface area contributed by atoms with Crippen molar-refractivity contribution in [2.24, 2.45) is 0 Å². The van der Waals surface area contributed by atoms with Crippen molar-refractivity contribution in [3.8, 4) is 0 Å². The number of carbonyl (C=O) groups is 1. The maximum absolute atomic E-state index is 12.6. The lowest BCUT2D eigenvalue weighted by molar-refractivity contribution is -0.387. The van der Waals surface area contributed by atoms with Gasteiger partial charge in [0.05, 0.1) is 11.3 Å². The van der Waals surface area contributed by atoms with Crippen molar-refractivity contribution in [2.75, 3.05) is 6.54 Å². The minimum atomic E-state index is -4.08. The Morgan fingerprint density at radius 2 is 2.00 bits per heavy atom. The Labute approximate surface area is 121 Å². The van der Waals surface area contributed by atoms with Crippen LogP contribution in [0, 0.1) is 10.1 Å². The molecule has 0 amide bonds. The Bertz CT molecular complexity index is 668. The second kappa shape index (κ2) is 5.78. The summed E-state index contributed by atoms with van der Waals surface area (Å²) in [7, 11) is -4.08. The Balaban J connectivity index is 2.39. The summed E-state index contributed by atoms with van der Waals surface area (Å²) in [6, 6.07) is 4.81. The van der Waals surface area contributed by atoms with Gasteiger partial charge in [0.1, 0.15) is 0 Å². The third-order valence-electron chi connectivity index (χ3n) is 3.15. The molecule has 1 N–H and O–H groups in total. The first kappa shape index (κ1) is 15.4. The van der Waals surface area contributed by atoms with Gasteiger partial charge in [-0.3, -0.25) is 14.9 Å². The molecule has 21 heavy (non-hydrogen) atoms. The lowest BCUT2D eigenvalue weighted by Crippen LogP contribution is -2.35. The fourth-order valence-corrected chi connectivity index (χ4v) is 3.86. The summed E-state index contributed by atoms with van der Waals surface area (Å²) in [4.78, 5) is 20.5. The molecule has 1 aliphatic rings. The molecule has 0 bridgehead atoms. The normalized spacial score (nSPS) is 15.1. The van der Waals surface area contributed by atoms with E-state index in [0.29, 0.717) is 12.8 Å². The van der Waals surface area contributed by atoms with E-state index in [4.69, 9.17) is 5.11 Å². The lowest BCUT2D eigenvalue weighted by atomic mass is 10.3. The zero-order chi connectivity index (χ0) is 15.6. The van der Waals surface area contributed by atoms with E-state index in [-0.39, 0.29) is 19.0 Å². The zero-order valence-electron chi connectivity index (χ0n) is 11.0. The molecule has 9 heteroatoms. The van der Waals surface area contributed by atoms with Crippen LogP contribution >= 0.6 is 0 Å². The number of sulfonamides is 1. The molecule has 0 aromatic heterocycles. The molecule has 0 saturated heterocycles. The number of hydrogen-bond acceptors (Lipinski definition) is 5. The van der Waals surface area contributed by atoms with Gasteiger partial charge in [-0.05, 0) is 18.9 Å². The van der Waals surface area contributed by atoms with Crippen LogP contribution in [0.5, 0.6) is 0 Å². The topological polar surface area (TPSA) is 118 Å². The van der Waals surface area contributed by atoms with Crippen LogP contribution in [0.3, 0.4) is 0 Å². The molecule has 0 aliphatic heterocycles. The van der Waals surface area contributed by atoms with Crippen LogP contribution in [0.15, 0.2) is 29.2 Å². The molecule has 1 fully saturated rings. The predicted molar refractivity (Wildman–Crippen MR) is 72.3 cm³/mol. The average Bonchev–Trinajstić information content (AvgIpc) is 3.23. The molecule has 1 saturated carbocycles. The Hall–Kier alpha value is -2.00. The summed E-state index contributed by atoms with van der Waals surface area (Å²) < 4.78 is 26.2. The fraction of sp³-hybridized carbons (Fsp3) is 0.417. The van der Waals surface area contributed by atoms with Gasteiger partial charge < -0.3 is 5.11 Å². The number of nitro groups is 1. The molecular formula is C12H14N2O6S. The number of hydrogen-bond donors (Lipinski definition) is 1. The quantitative estimate of drug-likeness (QED) is 0.597. The summed E-state index contributed by atoms with van der Waals surface area (Å²) in [5, 5.41) is 19.7. The van der Waals surface area contributed by atoms with Crippen LogP contribution in [-0.4, -0.2) is 41.3 Å². The first-order chi connectivity index (χ1) is 9.84. The van der Waals surface area contributed by atoms with Crippen molar-refractivity contribution < 1.29 is 23.2 Å². The number of benzene rings is 1. The van der Waals surface area contributed by atoms with Crippen molar-refractivity contribution in [2.45, 2.75) is 30.2 Å². The van der Waals surface area contributed by atoms with Crippen LogP contribution in [0.1, 0.15) is 19.3 Å². The SMILES string of the molecule is O=C(O)CCN(C1CC1)S(=O)(=O)c1ccccc1[N+](=O)[O-]. The summed E-state index contributed by atoms with van der Waals surface area (Å²) in [6.07, 6.45) is 0.940. The minimum Gasteiger partial charge on any atom is -0.481 e. The summed E-state index contributed by atoms with van der Waals surface area (Å²) in [5.41, 5.74) is -0.501. The van der Waals surface area contributed by atoms with E-state index in [0.717, 1.165) is 10.4 Å². The van der Waals surface area contributed by atoms with E-state index in [1.54, 1.807) is 0 Å². The van der Waals surface area contributed by atoms with Gasteiger partial charge in [0.15, 0.2) is 4.90 Å². The second-order valence-electron chi connectivity index (χ2n) is 4.72. The number of aliphatic carboxylic acids is 1. The molecule has 114 valence electrons. The molecule has 0 spiro atoms. The molecule has 1 aliphatic carbocycles. The molecule has 0 atom stereocenters. The Morgan fingerprint density at radius 1 is 1.38 bits per heavy atom. The number of nitrogens with zero attached hydrogens (tertiary/aromatic N) is 2. The lowest BCUT2D eigenvalue weighted by Gasteiger charge is -2.20. The van der Waals surface area contributed by atoms with Crippen molar-refractivity contribution in [3.63, 3.8) is 0 Å². The highest BCUT2D eigenvalue weighted by Crippen LogP contribution is 2.34. The highest BCUT2D eigenvalue weighted by Gasteiger charge is 2.40.